The highest BCUT2D eigenvalue weighted by atomic mass is 16.6. The van der Waals surface area contributed by atoms with Crippen LogP contribution in [0.15, 0.2) is 54.6 Å². The van der Waals surface area contributed by atoms with E-state index in [1.807, 2.05) is 18.2 Å². The summed E-state index contributed by atoms with van der Waals surface area (Å²) in [6.45, 7) is -0.0498. The lowest BCUT2D eigenvalue weighted by Crippen LogP contribution is -2.35. The van der Waals surface area contributed by atoms with Gasteiger partial charge in [-0.1, -0.05) is 30.3 Å². The number of ketones is 1. The number of anilines is 1. The minimum Gasteiger partial charge on any atom is -0.485 e. The average molecular weight is 391 g/mol. The van der Waals surface area contributed by atoms with Crippen molar-refractivity contribution in [2.45, 2.75) is 18.9 Å². The first-order chi connectivity index (χ1) is 14.1. The van der Waals surface area contributed by atoms with E-state index in [0.717, 1.165) is 12.8 Å². The summed E-state index contributed by atoms with van der Waals surface area (Å²) in [6.07, 6.45) is 1.73. The highest BCUT2D eigenvalue weighted by Crippen LogP contribution is 2.57. The quantitative estimate of drug-likeness (QED) is 0.605. The minimum absolute atomic E-state index is 0.0246. The molecule has 0 aromatic heterocycles. The lowest BCUT2D eigenvalue weighted by Gasteiger charge is -2.23. The van der Waals surface area contributed by atoms with Crippen LogP contribution in [0.1, 0.15) is 23.2 Å². The Bertz CT molecular complexity index is 953. The number of amides is 1. The first kappa shape index (κ1) is 17.9. The zero-order valence-corrected chi connectivity index (χ0v) is 15.7. The third-order valence-electron chi connectivity index (χ3n) is 6.37. The maximum atomic E-state index is 12.8. The monoisotopic (exact) mass is 391 g/mol. The van der Waals surface area contributed by atoms with E-state index in [1.165, 1.54) is 0 Å². The van der Waals surface area contributed by atoms with Crippen LogP contribution in [0.3, 0.4) is 0 Å². The molecular weight excluding hydrogens is 370 g/mol. The van der Waals surface area contributed by atoms with Gasteiger partial charge >= 0.3 is 5.97 Å². The molecular formula is C23H21NO5. The average Bonchev–Trinajstić information content (AvgIpc) is 3.36. The third-order valence-corrected chi connectivity index (χ3v) is 6.37. The molecule has 3 fully saturated rings. The number of carbonyl (C=O) groups is 3. The number of hydrogen-bond donors (Lipinski definition) is 1. The standard InChI is InChI=1S/C23H21NO5/c25-18(13-4-2-1-3-5-13)12-28-16-8-6-15(7-9-16)24-22(26)20-14-10-17-19(11-14)29-23(27)21(17)20/h1-9,14,17,19-21H,10-12H2,(H,24,26)/t14-,17-,19-,20+,21+/m1/s1. The van der Waals surface area contributed by atoms with Crippen molar-refractivity contribution in [3.8, 4) is 5.75 Å². The molecule has 2 saturated carbocycles. The molecule has 29 heavy (non-hydrogen) atoms. The second-order valence-electron chi connectivity index (χ2n) is 8.01. The van der Waals surface area contributed by atoms with E-state index in [0.29, 0.717) is 17.0 Å². The zero-order valence-electron chi connectivity index (χ0n) is 15.7. The van der Waals surface area contributed by atoms with Gasteiger partial charge in [-0.05, 0) is 43.0 Å². The molecule has 6 nitrogen and oxygen atoms in total. The third kappa shape index (κ3) is 3.18. The second kappa shape index (κ2) is 7.03. The molecule has 5 rings (SSSR count). The van der Waals surface area contributed by atoms with Gasteiger partial charge in [-0.2, -0.15) is 0 Å². The number of benzene rings is 2. The SMILES string of the molecule is O=C(COc1ccc(NC(=O)[C@H]2[C@@H]3C[C@H]4[C@@H]2C(=O)O[C@@H]4C3)cc1)c1ccccc1. The Morgan fingerprint density at radius 1 is 1.03 bits per heavy atom. The molecule has 3 aliphatic rings. The van der Waals surface area contributed by atoms with E-state index in [1.54, 1.807) is 36.4 Å². The Labute approximate surface area is 168 Å². The normalized spacial score (nSPS) is 28.8. The van der Waals surface area contributed by atoms with Gasteiger partial charge in [0.25, 0.3) is 0 Å². The minimum atomic E-state index is -0.300. The van der Waals surface area contributed by atoms with Crippen molar-refractivity contribution in [1.29, 1.82) is 0 Å². The van der Waals surface area contributed by atoms with Crippen LogP contribution in [0.2, 0.25) is 0 Å². The lowest BCUT2D eigenvalue weighted by atomic mass is 9.79. The molecule has 1 aliphatic heterocycles. The van der Waals surface area contributed by atoms with Crippen LogP contribution in [-0.2, 0) is 14.3 Å². The summed E-state index contributed by atoms with van der Waals surface area (Å²) < 4.78 is 11.0. The topological polar surface area (TPSA) is 81.7 Å². The number of ether oxygens (including phenoxy) is 2. The van der Waals surface area contributed by atoms with E-state index in [9.17, 15) is 14.4 Å². The zero-order chi connectivity index (χ0) is 20.0. The van der Waals surface area contributed by atoms with Crippen LogP contribution in [0.4, 0.5) is 5.69 Å². The van der Waals surface area contributed by atoms with Gasteiger partial charge in [-0.3, -0.25) is 14.4 Å². The second-order valence-corrected chi connectivity index (χ2v) is 8.01. The van der Waals surface area contributed by atoms with E-state index in [4.69, 9.17) is 9.47 Å². The number of carbonyl (C=O) groups excluding carboxylic acids is 3. The van der Waals surface area contributed by atoms with Gasteiger partial charge in [0.1, 0.15) is 11.9 Å². The summed E-state index contributed by atoms with van der Waals surface area (Å²) in [4.78, 5) is 37.0. The molecule has 1 saturated heterocycles. The Hall–Kier alpha value is -3.15. The molecule has 1 amide bonds. The predicted octanol–water partition coefficient (Wildman–Crippen LogP) is 3.08. The van der Waals surface area contributed by atoms with Crippen molar-refractivity contribution in [2.24, 2.45) is 23.7 Å². The van der Waals surface area contributed by atoms with Gasteiger partial charge in [-0.25, -0.2) is 0 Å². The molecule has 0 spiro atoms. The lowest BCUT2D eigenvalue weighted by molar-refractivity contribution is -0.145. The van der Waals surface area contributed by atoms with Crippen LogP contribution in [0.25, 0.3) is 0 Å². The summed E-state index contributed by atoms with van der Waals surface area (Å²) in [5, 5.41) is 2.92. The van der Waals surface area contributed by atoms with E-state index < -0.39 is 0 Å². The molecule has 6 heteroatoms. The molecule has 0 unspecified atom stereocenters. The summed E-state index contributed by atoms with van der Waals surface area (Å²) in [5.74, 6) is -0.0274. The molecule has 2 aliphatic carbocycles. The molecule has 0 radical (unpaired) electrons. The highest BCUT2D eigenvalue weighted by molar-refractivity contribution is 5.97. The fourth-order valence-corrected chi connectivity index (χ4v) is 5.08. The number of nitrogens with one attached hydrogen (secondary N) is 1. The largest absolute Gasteiger partial charge is 0.485 e. The Morgan fingerprint density at radius 3 is 2.55 bits per heavy atom. The Kier molecular flexibility index (Phi) is 4.34. The summed E-state index contributed by atoms with van der Waals surface area (Å²) in [7, 11) is 0. The number of fused-ring (bicyclic) bond motifs is 1. The van der Waals surface area contributed by atoms with Gasteiger partial charge in [0.15, 0.2) is 12.4 Å². The fraction of sp³-hybridized carbons (Fsp3) is 0.348. The molecule has 1 heterocycles. The molecule has 5 atom stereocenters. The van der Waals surface area contributed by atoms with Crippen LogP contribution >= 0.6 is 0 Å². The smallest absolute Gasteiger partial charge is 0.310 e. The summed E-state index contributed by atoms with van der Waals surface area (Å²) in [6, 6.07) is 15.9. The van der Waals surface area contributed by atoms with Crippen LogP contribution in [-0.4, -0.2) is 30.4 Å². The maximum absolute atomic E-state index is 12.8. The van der Waals surface area contributed by atoms with E-state index >= 15 is 0 Å². The molecule has 2 aromatic carbocycles. The van der Waals surface area contributed by atoms with Crippen molar-refractivity contribution < 1.29 is 23.9 Å². The maximum Gasteiger partial charge on any atom is 0.310 e. The van der Waals surface area contributed by atoms with Crippen molar-refractivity contribution in [3.63, 3.8) is 0 Å². The number of Topliss-reactive ketones (excluding diaryl/α,β-unsaturated/α-hetero) is 1. The van der Waals surface area contributed by atoms with Gasteiger partial charge in [0, 0.05) is 17.2 Å². The Morgan fingerprint density at radius 2 is 1.79 bits per heavy atom. The van der Waals surface area contributed by atoms with Crippen molar-refractivity contribution in [3.05, 3.63) is 60.2 Å². The van der Waals surface area contributed by atoms with Gasteiger partial charge < -0.3 is 14.8 Å². The van der Waals surface area contributed by atoms with Crippen molar-refractivity contribution in [1.82, 2.24) is 0 Å². The number of esters is 1. The van der Waals surface area contributed by atoms with Gasteiger partial charge in [0.2, 0.25) is 5.91 Å². The fourth-order valence-electron chi connectivity index (χ4n) is 5.08. The first-order valence-electron chi connectivity index (χ1n) is 9.92. The molecule has 2 aromatic rings. The van der Waals surface area contributed by atoms with Crippen molar-refractivity contribution >= 4 is 23.3 Å². The molecule has 2 bridgehead atoms. The summed E-state index contributed by atoms with van der Waals surface area (Å²) in [5.41, 5.74) is 1.25. The van der Waals surface area contributed by atoms with Crippen LogP contribution in [0, 0.1) is 23.7 Å². The van der Waals surface area contributed by atoms with Gasteiger partial charge in [-0.15, -0.1) is 0 Å². The Balaban J connectivity index is 1.18. The van der Waals surface area contributed by atoms with Crippen LogP contribution in [0.5, 0.6) is 5.75 Å². The summed E-state index contributed by atoms with van der Waals surface area (Å²) >= 11 is 0. The highest BCUT2D eigenvalue weighted by Gasteiger charge is 2.63. The predicted molar refractivity (Wildman–Crippen MR) is 104 cm³/mol. The molecule has 1 N–H and O–H groups in total. The van der Waals surface area contributed by atoms with E-state index in [2.05, 4.69) is 5.32 Å². The number of hydrogen-bond acceptors (Lipinski definition) is 5. The molecule has 148 valence electrons. The van der Waals surface area contributed by atoms with E-state index in [-0.39, 0.29) is 54.0 Å². The van der Waals surface area contributed by atoms with Gasteiger partial charge in [0.05, 0.1) is 11.8 Å². The van der Waals surface area contributed by atoms with Crippen LogP contribution < -0.4 is 10.1 Å². The van der Waals surface area contributed by atoms with Crippen molar-refractivity contribution in [2.75, 3.05) is 11.9 Å². The first-order valence-corrected chi connectivity index (χ1v) is 9.92. The number of rotatable bonds is 6.